The van der Waals surface area contributed by atoms with Gasteiger partial charge in [-0.25, -0.2) is 0 Å². The van der Waals surface area contributed by atoms with Crippen LogP contribution in [-0.4, -0.2) is 8.80 Å². The lowest BCUT2D eigenvalue weighted by molar-refractivity contribution is 0.519. The summed E-state index contributed by atoms with van der Waals surface area (Å²) in [5.41, 5.74) is 0. The highest BCUT2D eigenvalue weighted by molar-refractivity contribution is 6.71. The lowest BCUT2D eigenvalue weighted by Gasteiger charge is -2.05. The molecule has 1 aromatic rings. The van der Waals surface area contributed by atoms with Crippen LogP contribution in [-0.2, 0) is 6.42 Å². The molecule has 1 aromatic heterocycles. The zero-order chi connectivity index (χ0) is 11.1. The SMILES string of the molecule is CCCCCc1ccc([SiH](CC)CC)o1. The van der Waals surface area contributed by atoms with Crippen LogP contribution in [0.25, 0.3) is 0 Å². The molecule has 0 saturated heterocycles. The van der Waals surface area contributed by atoms with E-state index in [1.165, 1.54) is 42.5 Å². The summed E-state index contributed by atoms with van der Waals surface area (Å²) in [5.74, 6) is 1.21. The van der Waals surface area contributed by atoms with Crippen molar-refractivity contribution in [2.24, 2.45) is 0 Å². The average molecular weight is 224 g/mol. The molecule has 86 valence electrons. The number of furan rings is 1. The van der Waals surface area contributed by atoms with Crippen molar-refractivity contribution in [2.75, 3.05) is 0 Å². The smallest absolute Gasteiger partial charge is 0.116 e. The van der Waals surface area contributed by atoms with E-state index in [2.05, 4.69) is 32.9 Å². The molecule has 0 atom stereocenters. The lowest BCUT2D eigenvalue weighted by Crippen LogP contribution is -2.26. The van der Waals surface area contributed by atoms with Crippen LogP contribution in [0.2, 0.25) is 12.1 Å². The largest absolute Gasteiger partial charge is 0.472 e. The van der Waals surface area contributed by atoms with Gasteiger partial charge in [0.2, 0.25) is 0 Å². The third-order valence-electron chi connectivity index (χ3n) is 3.10. The Kier molecular flexibility index (Phi) is 5.77. The zero-order valence-corrected chi connectivity index (χ0v) is 11.5. The van der Waals surface area contributed by atoms with Crippen molar-refractivity contribution < 1.29 is 4.42 Å². The normalized spacial score (nSPS) is 11.2. The summed E-state index contributed by atoms with van der Waals surface area (Å²) in [7, 11) is -0.737. The highest BCUT2D eigenvalue weighted by Gasteiger charge is 2.13. The molecule has 0 radical (unpaired) electrons. The molecule has 1 nitrogen and oxygen atoms in total. The predicted molar refractivity (Wildman–Crippen MR) is 69.7 cm³/mol. The van der Waals surface area contributed by atoms with Crippen molar-refractivity contribution in [3.8, 4) is 0 Å². The van der Waals surface area contributed by atoms with E-state index < -0.39 is 8.80 Å². The van der Waals surface area contributed by atoms with Gasteiger partial charge in [0, 0.05) is 6.42 Å². The van der Waals surface area contributed by atoms with E-state index in [0.717, 1.165) is 6.42 Å². The van der Waals surface area contributed by atoms with Crippen molar-refractivity contribution in [1.82, 2.24) is 0 Å². The van der Waals surface area contributed by atoms with Crippen LogP contribution >= 0.6 is 0 Å². The molecule has 0 aliphatic heterocycles. The van der Waals surface area contributed by atoms with Gasteiger partial charge < -0.3 is 4.42 Å². The van der Waals surface area contributed by atoms with E-state index in [4.69, 9.17) is 4.42 Å². The molecular weight excluding hydrogens is 200 g/mol. The number of unbranched alkanes of at least 4 members (excludes halogenated alkanes) is 2. The fourth-order valence-corrected chi connectivity index (χ4v) is 4.06. The Bertz CT molecular complexity index is 263. The fraction of sp³-hybridized carbons (Fsp3) is 0.692. The van der Waals surface area contributed by atoms with E-state index in [1.54, 1.807) is 0 Å². The molecule has 0 aliphatic carbocycles. The Morgan fingerprint density at radius 3 is 2.40 bits per heavy atom. The van der Waals surface area contributed by atoms with Crippen molar-refractivity contribution in [2.45, 2.75) is 58.5 Å². The quantitative estimate of drug-likeness (QED) is 0.510. The van der Waals surface area contributed by atoms with Crippen LogP contribution in [0.1, 0.15) is 45.8 Å². The second-order valence-electron chi connectivity index (χ2n) is 4.27. The van der Waals surface area contributed by atoms with Gasteiger partial charge in [0.25, 0.3) is 0 Å². The maximum Gasteiger partial charge on any atom is 0.116 e. The summed E-state index contributed by atoms with van der Waals surface area (Å²) in [4.78, 5) is 0. The first-order valence-electron chi connectivity index (χ1n) is 6.40. The summed E-state index contributed by atoms with van der Waals surface area (Å²) >= 11 is 0. The van der Waals surface area contributed by atoms with Crippen LogP contribution in [0.15, 0.2) is 16.5 Å². The topological polar surface area (TPSA) is 13.1 Å². The van der Waals surface area contributed by atoms with Gasteiger partial charge in [0.05, 0.1) is 5.38 Å². The average Bonchev–Trinajstić information content (AvgIpc) is 2.69. The van der Waals surface area contributed by atoms with Gasteiger partial charge in [-0.15, -0.1) is 0 Å². The monoisotopic (exact) mass is 224 g/mol. The second kappa shape index (κ2) is 6.89. The summed E-state index contributed by atoms with van der Waals surface area (Å²) in [6, 6.07) is 7.05. The first kappa shape index (κ1) is 12.6. The molecule has 1 heterocycles. The molecule has 0 bridgehead atoms. The maximum atomic E-state index is 5.94. The summed E-state index contributed by atoms with van der Waals surface area (Å²) in [6.07, 6.45) is 5.00. The summed E-state index contributed by atoms with van der Waals surface area (Å²) < 4.78 is 5.94. The first-order chi connectivity index (χ1) is 7.31. The number of aryl methyl sites for hydroxylation is 1. The third kappa shape index (κ3) is 3.86. The third-order valence-corrected chi connectivity index (χ3v) is 6.18. The van der Waals surface area contributed by atoms with Crippen LogP contribution in [0.4, 0.5) is 0 Å². The number of hydrogen-bond acceptors (Lipinski definition) is 1. The second-order valence-corrected chi connectivity index (χ2v) is 7.87. The van der Waals surface area contributed by atoms with Gasteiger partial charge in [-0.2, -0.15) is 0 Å². The molecule has 0 spiro atoms. The highest BCUT2D eigenvalue weighted by Crippen LogP contribution is 2.08. The summed E-state index contributed by atoms with van der Waals surface area (Å²) in [6.45, 7) is 6.82. The molecule has 1 rings (SSSR count). The minimum atomic E-state index is -0.737. The van der Waals surface area contributed by atoms with Gasteiger partial charge >= 0.3 is 0 Å². The Balaban J connectivity index is 2.47. The van der Waals surface area contributed by atoms with E-state index in [1.807, 2.05) is 0 Å². The van der Waals surface area contributed by atoms with Gasteiger partial charge in [-0.3, -0.25) is 0 Å². The van der Waals surface area contributed by atoms with Crippen molar-refractivity contribution >= 4 is 14.2 Å². The fourth-order valence-electron chi connectivity index (χ4n) is 1.99. The molecule has 15 heavy (non-hydrogen) atoms. The Labute approximate surface area is 95.5 Å². The van der Waals surface area contributed by atoms with Gasteiger partial charge in [-0.1, -0.05) is 45.7 Å². The molecule has 0 unspecified atom stereocenters. The molecule has 0 fully saturated rings. The van der Waals surface area contributed by atoms with E-state index in [-0.39, 0.29) is 0 Å². The van der Waals surface area contributed by atoms with Crippen molar-refractivity contribution in [3.63, 3.8) is 0 Å². The molecule has 0 N–H and O–H groups in total. The Morgan fingerprint density at radius 2 is 1.80 bits per heavy atom. The van der Waals surface area contributed by atoms with E-state index in [0.29, 0.717) is 0 Å². The van der Waals surface area contributed by atoms with Crippen molar-refractivity contribution in [3.05, 3.63) is 17.9 Å². The van der Waals surface area contributed by atoms with Crippen molar-refractivity contribution in [1.29, 1.82) is 0 Å². The van der Waals surface area contributed by atoms with Crippen LogP contribution in [0.3, 0.4) is 0 Å². The molecule has 0 amide bonds. The molecule has 0 aliphatic rings. The van der Waals surface area contributed by atoms with Crippen LogP contribution < -0.4 is 5.38 Å². The summed E-state index contributed by atoms with van der Waals surface area (Å²) in [5, 5.41) is 1.33. The maximum absolute atomic E-state index is 5.94. The van der Waals surface area contributed by atoms with Crippen LogP contribution in [0, 0.1) is 0 Å². The standard InChI is InChI=1S/C13H24OSi/c1-4-7-8-9-12-10-11-13(14-12)15(5-2)6-3/h10-11,15H,4-9H2,1-3H3. The number of rotatable bonds is 7. The molecule has 0 saturated carbocycles. The van der Waals surface area contributed by atoms with Gasteiger partial charge in [0.1, 0.15) is 14.6 Å². The zero-order valence-electron chi connectivity index (χ0n) is 10.4. The predicted octanol–water partition coefficient (Wildman–Crippen LogP) is 3.49. The molecule has 2 heteroatoms. The van der Waals surface area contributed by atoms with Gasteiger partial charge in [0.15, 0.2) is 0 Å². The Hall–Kier alpha value is -0.503. The van der Waals surface area contributed by atoms with E-state index in [9.17, 15) is 0 Å². The Morgan fingerprint density at radius 1 is 1.07 bits per heavy atom. The van der Waals surface area contributed by atoms with E-state index >= 15 is 0 Å². The van der Waals surface area contributed by atoms with Gasteiger partial charge in [-0.05, 0) is 18.6 Å². The lowest BCUT2D eigenvalue weighted by atomic mass is 10.2. The first-order valence-corrected chi connectivity index (χ1v) is 8.61. The minimum absolute atomic E-state index is 0.737. The molecular formula is C13H24OSi. The van der Waals surface area contributed by atoms with Crippen LogP contribution in [0.5, 0.6) is 0 Å². The highest BCUT2D eigenvalue weighted by atomic mass is 28.3. The number of hydrogen-bond donors (Lipinski definition) is 0. The molecule has 0 aromatic carbocycles. The minimum Gasteiger partial charge on any atom is -0.472 e.